The quantitative estimate of drug-likeness (QED) is 0.319. The molecule has 4 rings (SSSR count). The van der Waals surface area contributed by atoms with Gasteiger partial charge in [0.25, 0.3) is 0 Å². The van der Waals surface area contributed by atoms with Gasteiger partial charge >= 0.3 is 5.97 Å². The maximum Gasteiger partial charge on any atom is 0.304 e. The van der Waals surface area contributed by atoms with Crippen LogP contribution in [0.5, 0.6) is 0 Å². The third-order valence-corrected chi connectivity index (χ3v) is 9.60. The van der Waals surface area contributed by atoms with Gasteiger partial charge in [0.05, 0.1) is 23.8 Å². The summed E-state index contributed by atoms with van der Waals surface area (Å²) in [5.41, 5.74) is 1.44. The minimum absolute atomic E-state index is 0.0393. The number of fused-ring (bicyclic) bond motifs is 1. The number of aliphatic carboxylic acids is 1. The average molecular weight is 561 g/mol. The molecule has 0 bridgehead atoms. The number of benzene rings is 1. The third-order valence-electron chi connectivity index (χ3n) is 6.80. The zero-order valence-corrected chi connectivity index (χ0v) is 22.8. The first-order valence-electron chi connectivity index (χ1n) is 12.6. The number of hydrogen-bond acceptors (Lipinski definition) is 8. The lowest BCUT2D eigenvalue weighted by atomic mass is 9.87. The highest BCUT2D eigenvalue weighted by Gasteiger charge is 2.29. The van der Waals surface area contributed by atoms with Crippen molar-refractivity contribution in [2.24, 2.45) is 5.92 Å². The molecule has 204 valence electrons. The van der Waals surface area contributed by atoms with E-state index in [-0.39, 0.29) is 36.9 Å². The van der Waals surface area contributed by atoms with Gasteiger partial charge in [-0.05, 0) is 42.2 Å². The van der Waals surface area contributed by atoms with Crippen LogP contribution in [0.25, 0.3) is 10.3 Å². The molecular formula is C26H32N4O6S2. The Balaban J connectivity index is 1.56. The molecule has 3 aromatic rings. The van der Waals surface area contributed by atoms with Crippen molar-refractivity contribution in [3.63, 3.8) is 0 Å². The number of rotatable bonds is 13. The van der Waals surface area contributed by atoms with Crippen LogP contribution in [0.1, 0.15) is 50.0 Å². The van der Waals surface area contributed by atoms with Gasteiger partial charge < -0.3 is 15.2 Å². The van der Waals surface area contributed by atoms with Crippen LogP contribution < -0.4 is 5.32 Å². The number of nitrogens with one attached hydrogen (secondary N) is 1. The molecule has 0 radical (unpaired) electrons. The largest absolute Gasteiger partial charge is 0.481 e. The molecule has 2 N–H and O–H groups in total. The van der Waals surface area contributed by atoms with Gasteiger partial charge in [-0.15, -0.1) is 0 Å². The number of carbonyl (C=O) groups excluding carboxylic acids is 1. The van der Waals surface area contributed by atoms with Gasteiger partial charge in [0, 0.05) is 26.4 Å². The van der Waals surface area contributed by atoms with Gasteiger partial charge in [-0.3, -0.25) is 9.59 Å². The first-order chi connectivity index (χ1) is 18.3. The number of aromatic nitrogens is 2. The minimum Gasteiger partial charge on any atom is -0.481 e. The SMILES string of the molecule is COCCN(CCC(=O)O)S(=O)(=O)c1ccc([C@@H](CC2CCCC2)C(=O)Nc2nc3cccnc3s2)cc1. The number of amides is 1. The number of pyridine rings is 1. The number of methoxy groups -OCH3 is 1. The third kappa shape index (κ3) is 6.93. The fourth-order valence-electron chi connectivity index (χ4n) is 4.78. The van der Waals surface area contributed by atoms with Crippen molar-refractivity contribution in [3.05, 3.63) is 48.2 Å². The number of carboxylic acid groups (broad SMARTS) is 1. The van der Waals surface area contributed by atoms with Gasteiger partial charge in [-0.25, -0.2) is 18.4 Å². The van der Waals surface area contributed by atoms with E-state index in [4.69, 9.17) is 9.84 Å². The monoisotopic (exact) mass is 560 g/mol. The molecule has 1 fully saturated rings. The van der Waals surface area contributed by atoms with Crippen molar-refractivity contribution >= 4 is 48.7 Å². The number of anilines is 1. The predicted octanol–water partition coefficient (Wildman–Crippen LogP) is 4.11. The average Bonchev–Trinajstić information content (AvgIpc) is 3.56. The van der Waals surface area contributed by atoms with Crippen molar-refractivity contribution in [1.82, 2.24) is 14.3 Å². The minimum atomic E-state index is -3.94. The number of ether oxygens (including phenoxy) is 1. The fraction of sp³-hybridized carbons (Fsp3) is 0.462. The molecule has 1 atom stereocenters. The normalized spacial score (nSPS) is 15.2. The molecule has 1 aromatic carbocycles. The van der Waals surface area contributed by atoms with Gasteiger partial charge in [0.2, 0.25) is 15.9 Å². The standard InChI is InChI=1S/C26H32N4O6S2/c1-36-16-15-30(14-12-23(31)32)38(34,35)20-10-8-19(9-11-20)21(17-18-5-2-3-6-18)24(33)29-26-28-22-7-4-13-27-25(22)37-26/h4,7-11,13,18,21H,2-3,5-6,12,14-17H2,1H3,(H,31,32)(H,28,29,33)/t21-/m1/s1. The second kappa shape index (κ2) is 12.7. The Labute approximate surface area is 226 Å². The van der Waals surface area contributed by atoms with E-state index in [1.54, 1.807) is 24.4 Å². The maximum absolute atomic E-state index is 13.5. The van der Waals surface area contributed by atoms with E-state index in [2.05, 4.69) is 15.3 Å². The Morgan fingerprint density at radius 1 is 1.18 bits per heavy atom. The first-order valence-corrected chi connectivity index (χ1v) is 14.9. The number of carbonyl (C=O) groups is 2. The number of sulfonamides is 1. The molecule has 2 aromatic heterocycles. The van der Waals surface area contributed by atoms with Crippen LogP contribution in [0, 0.1) is 5.92 Å². The van der Waals surface area contributed by atoms with Crippen molar-refractivity contribution in [1.29, 1.82) is 0 Å². The molecule has 12 heteroatoms. The Morgan fingerprint density at radius 3 is 2.58 bits per heavy atom. The predicted molar refractivity (Wildman–Crippen MR) is 145 cm³/mol. The Kier molecular flexibility index (Phi) is 9.42. The molecule has 38 heavy (non-hydrogen) atoms. The van der Waals surface area contributed by atoms with Crippen LogP contribution in [-0.2, 0) is 24.3 Å². The van der Waals surface area contributed by atoms with E-state index < -0.39 is 21.9 Å². The summed E-state index contributed by atoms with van der Waals surface area (Å²) in [7, 11) is -2.49. The highest BCUT2D eigenvalue weighted by Crippen LogP contribution is 2.36. The lowest BCUT2D eigenvalue weighted by Gasteiger charge is -2.23. The van der Waals surface area contributed by atoms with E-state index >= 15 is 0 Å². The molecule has 0 unspecified atom stereocenters. The Morgan fingerprint density at radius 2 is 1.92 bits per heavy atom. The molecule has 1 aliphatic carbocycles. The van der Waals surface area contributed by atoms with E-state index in [0.29, 0.717) is 17.5 Å². The van der Waals surface area contributed by atoms with Crippen molar-refractivity contribution in [3.8, 4) is 0 Å². The van der Waals surface area contributed by atoms with Crippen LogP contribution in [0.15, 0.2) is 47.5 Å². The summed E-state index contributed by atoms with van der Waals surface area (Å²) in [5.74, 6) is -1.31. The van der Waals surface area contributed by atoms with Crippen molar-refractivity contribution in [2.75, 3.05) is 32.1 Å². The Bertz CT molecular complexity index is 1320. The molecule has 1 amide bonds. The van der Waals surface area contributed by atoms with Crippen LogP contribution in [0.3, 0.4) is 0 Å². The van der Waals surface area contributed by atoms with Crippen LogP contribution >= 0.6 is 11.3 Å². The molecule has 2 heterocycles. The molecule has 0 spiro atoms. The molecule has 1 aliphatic rings. The lowest BCUT2D eigenvalue weighted by molar-refractivity contribution is -0.137. The van der Waals surface area contributed by atoms with E-state index in [0.717, 1.165) is 45.9 Å². The second-order valence-electron chi connectivity index (χ2n) is 9.38. The second-order valence-corrected chi connectivity index (χ2v) is 12.3. The topological polar surface area (TPSA) is 139 Å². The van der Waals surface area contributed by atoms with Gasteiger partial charge in [0.1, 0.15) is 10.3 Å². The number of thiazole rings is 1. The Hall–Kier alpha value is -2.93. The summed E-state index contributed by atoms with van der Waals surface area (Å²) in [6.07, 6.45) is 6.47. The van der Waals surface area contributed by atoms with Gasteiger partial charge in [-0.2, -0.15) is 4.31 Å². The van der Waals surface area contributed by atoms with Crippen LogP contribution in [0.4, 0.5) is 5.13 Å². The summed E-state index contributed by atoms with van der Waals surface area (Å²) in [5, 5.41) is 12.5. The van der Waals surface area contributed by atoms with Crippen molar-refractivity contribution in [2.45, 2.75) is 49.3 Å². The molecule has 0 saturated heterocycles. The summed E-state index contributed by atoms with van der Waals surface area (Å²) in [6, 6.07) is 9.97. The van der Waals surface area contributed by atoms with Crippen LogP contribution in [-0.4, -0.2) is 66.5 Å². The summed E-state index contributed by atoms with van der Waals surface area (Å²) >= 11 is 1.31. The number of carboxylic acids is 1. The number of nitrogens with zero attached hydrogens (tertiary/aromatic N) is 3. The first kappa shape index (κ1) is 28.1. The van der Waals surface area contributed by atoms with E-state index in [9.17, 15) is 18.0 Å². The summed E-state index contributed by atoms with van der Waals surface area (Å²) in [4.78, 5) is 34.1. The summed E-state index contributed by atoms with van der Waals surface area (Å²) < 4.78 is 32.6. The zero-order chi connectivity index (χ0) is 27.1. The van der Waals surface area contributed by atoms with Crippen molar-refractivity contribution < 1.29 is 27.9 Å². The fourth-order valence-corrected chi connectivity index (χ4v) is 7.01. The maximum atomic E-state index is 13.5. The molecule has 10 nitrogen and oxygen atoms in total. The van der Waals surface area contributed by atoms with Crippen LogP contribution in [0.2, 0.25) is 0 Å². The van der Waals surface area contributed by atoms with E-state index in [1.165, 1.54) is 30.6 Å². The van der Waals surface area contributed by atoms with E-state index in [1.807, 2.05) is 6.07 Å². The van der Waals surface area contributed by atoms with Gasteiger partial charge in [-0.1, -0.05) is 49.2 Å². The zero-order valence-electron chi connectivity index (χ0n) is 21.2. The highest BCUT2D eigenvalue weighted by molar-refractivity contribution is 7.89. The molecular weight excluding hydrogens is 528 g/mol. The smallest absolute Gasteiger partial charge is 0.304 e. The number of hydrogen-bond donors (Lipinski definition) is 2. The molecule has 0 aliphatic heterocycles. The lowest BCUT2D eigenvalue weighted by Crippen LogP contribution is -2.35. The molecule has 1 saturated carbocycles. The highest BCUT2D eigenvalue weighted by atomic mass is 32.2. The van der Waals surface area contributed by atoms with Gasteiger partial charge in [0.15, 0.2) is 5.13 Å². The summed E-state index contributed by atoms with van der Waals surface area (Å²) in [6.45, 7) is 0.0198.